The molecule has 0 saturated heterocycles. The normalized spacial score (nSPS) is 9.71. The summed E-state index contributed by atoms with van der Waals surface area (Å²) in [4.78, 5) is 32.9. The lowest BCUT2D eigenvalue weighted by Gasteiger charge is -2.09. The number of benzene rings is 1. The number of hydrogen-bond donors (Lipinski definition) is 3. The zero-order chi connectivity index (χ0) is 13.0. The van der Waals surface area contributed by atoms with Crippen molar-refractivity contribution in [1.82, 2.24) is 0 Å². The zero-order valence-electron chi connectivity index (χ0n) is 9.06. The Labute approximate surface area is 96.9 Å². The van der Waals surface area contributed by atoms with Crippen LogP contribution in [0.2, 0.25) is 0 Å². The number of phenolic OH excluding ortho intramolecular Hbond substituents is 1. The van der Waals surface area contributed by atoms with E-state index in [0.717, 1.165) is 0 Å². The van der Waals surface area contributed by atoms with Crippen LogP contribution in [0.4, 0.5) is 5.69 Å². The molecule has 0 aromatic heterocycles. The summed E-state index contributed by atoms with van der Waals surface area (Å²) in [7, 11) is 0. The Morgan fingerprint density at radius 3 is 2.47 bits per heavy atom. The molecule has 0 fully saturated rings. The number of hydrogen-bond acceptors (Lipinski definition) is 4. The standard InChI is InChI=1S/C11H11NO5/c1-6(13)5-9(15)12-10-7(11(16)17)3-2-4-8(10)14/h2-4,14H,5H2,1H3,(H,12,15)(H,16,17). The number of nitrogens with one attached hydrogen (secondary N) is 1. The molecule has 0 aliphatic carbocycles. The number of carboxylic acid groups (broad SMARTS) is 1. The molecule has 17 heavy (non-hydrogen) atoms. The van der Waals surface area contributed by atoms with Crippen LogP contribution in [0.5, 0.6) is 5.75 Å². The zero-order valence-corrected chi connectivity index (χ0v) is 9.06. The third-order valence-corrected chi connectivity index (χ3v) is 1.95. The van der Waals surface area contributed by atoms with Crippen LogP contribution >= 0.6 is 0 Å². The molecule has 0 saturated carbocycles. The summed E-state index contributed by atoms with van der Waals surface area (Å²) < 4.78 is 0. The Morgan fingerprint density at radius 2 is 1.94 bits per heavy atom. The smallest absolute Gasteiger partial charge is 0.337 e. The second-order valence-corrected chi connectivity index (χ2v) is 3.43. The summed E-state index contributed by atoms with van der Waals surface area (Å²) in [6.07, 6.45) is -0.368. The molecular formula is C11H11NO5. The highest BCUT2D eigenvalue weighted by molar-refractivity contribution is 6.07. The fourth-order valence-corrected chi connectivity index (χ4v) is 1.26. The molecule has 0 bridgehead atoms. The molecule has 1 aromatic carbocycles. The molecule has 0 unspecified atom stereocenters. The number of carboxylic acids is 1. The number of phenols is 1. The lowest BCUT2D eigenvalue weighted by Crippen LogP contribution is -2.17. The molecule has 1 aromatic rings. The van der Waals surface area contributed by atoms with E-state index in [1.807, 2.05) is 0 Å². The Morgan fingerprint density at radius 1 is 1.29 bits per heavy atom. The second kappa shape index (κ2) is 5.11. The van der Waals surface area contributed by atoms with Crippen molar-refractivity contribution in [3.63, 3.8) is 0 Å². The van der Waals surface area contributed by atoms with Gasteiger partial charge in [-0.3, -0.25) is 9.59 Å². The molecule has 0 heterocycles. The fraction of sp³-hybridized carbons (Fsp3) is 0.182. The molecule has 0 spiro atoms. The Kier molecular flexibility index (Phi) is 3.82. The molecule has 1 amide bonds. The van der Waals surface area contributed by atoms with E-state index >= 15 is 0 Å². The summed E-state index contributed by atoms with van der Waals surface area (Å²) in [5, 5.41) is 20.5. The number of carbonyl (C=O) groups is 3. The Hall–Kier alpha value is -2.37. The van der Waals surface area contributed by atoms with Gasteiger partial charge in [-0.2, -0.15) is 0 Å². The van der Waals surface area contributed by atoms with Crippen molar-refractivity contribution in [2.75, 3.05) is 5.32 Å². The van der Waals surface area contributed by atoms with E-state index in [4.69, 9.17) is 5.11 Å². The van der Waals surface area contributed by atoms with Crippen LogP contribution < -0.4 is 5.32 Å². The van der Waals surface area contributed by atoms with E-state index in [1.165, 1.54) is 25.1 Å². The summed E-state index contributed by atoms with van der Waals surface area (Å²) in [5.74, 6) is -2.66. The van der Waals surface area contributed by atoms with Crippen molar-refractivity contribution >= 4 is 23.3 Å². The fourth-order valence-electron chi connectivity index (χ4n) is 1.26. The van der Waals surface area contributed by atoms with E-state index in [2.05, 4.69) is 5.32 Å². The first-order valence-corrected chi connectivity index (χ1v) is 4.76. The first-order chi connectivity index (χ1) is 7.91. The number of anilines is 1. The highest BCUT2D eigenvalue weighted by Gasteiger charge is 2.16. The van der Waals surface area contributed by atoms with Crippen molar-refractivity contribution in [2.24, 2.45) is 0 Å². The quantitative estimate of drug-likeness (QED) is 0.535. The average Bonchev–Trinajstić information content (AvgIpc) is 2.19. The molecule has 0 radical (unpaired) electrons. The summed E-state index contributed by atoms with van der Waals surface area (Å²) >= 11 is 0. The largest absolute Gasteiger partial charge is 0.506 e. The Balaban J connectivity index is 3.01. The van der Waals surface area contributed by atoms with Gasteiger partial charge in [-0.25, -0.2) is 4.79 Å². The lowest BCUT2D eigenvalue weighted by molar-refractivity contribution is -0.124. The maximum atomic E-state index is 11.3. The van der Waals surface area contributed by atoms with Crippen LogP contribution in [0, 0.1) is 0 Å². The van der Waals surface area contributed by atoms with Crippen molar-refractivity contribution in [1.29, 1.82) is 0 Å². The Bertz CT molecular complexity index is 481. The monoisotopic (exact) mass is 237 g/mol. The van der Waals surface area contributed by atoms with Crippen molar-refractivity contribution in [3.05, 3.63) is 23.8 Å². The van der Waals surface area contributed by atoms with Gasteiger partial charge in [0.1, 0.15) is 11.5 Å². The van der Waals surface area contributed by atoms with Crippen molar-refractivity contribution < 1.29 is 24.6 Å². The molecule has 6 nitrogen and oxygen atoms in total. The van der Waals surface area contributed by atoms with Gasteiger partial charge in [0.2, 0.25) is 5.91 Å². The molecule has 6 heteroatoms. The molecule has 90 valence electrons. The number of Topliss-reactive ketones (excluding diaryl/α,β-unsaturated/α-hetero) is 1. The molecule has 0 aliphatic rings. The third kappa shape index (κ3) is 3.30. The first-order valence-electron chi connectivity index (χ1n) is 4.76. The van der Waals surface area contributed by atoms with Crippen LogP contribution in [0.15, 0.2) is 18.2 Å². The molecule has 1 rings (SSSR count). The second-order valence-electron chi connectivity index (χ2n) is 3.43. The molecule has 0 atom stereocenters. The highest BCUT2D eigenvalue weighted by Crippen LogP contribution is 2.27. The van der Waals surface area contributed by atoms with Crippen LogP contribution in [0.25, 0.3) is 0 Å². The van der Waals surface area contributed by atoms with Gasteiger partial charge in [0, 0.05) is 0 Å². The predicted octanol–water partition coefficient (Wildman–Crippen LogP) is 1.01. The highest BCUT2D eigenvalue weighted by atomic mass is 16.4. The van der Waals surface area contributed by atoms with Gasteiger partial charge in [-0.15, -0.1) is 0 Å². The van der Waals surface area contributed by atoms with E-state index < -0.39 is 11.9 Å². The van der Waals surface area contributed by atoms with Gasteiger partial charge >= 0.3 is 5.97 Å². The molecule has 0 aliphatic heterocycles. The van der Waals surface area contributed by atoms with Gasteiger partial charge in [0.05, 0.1) is 17.7 Å². The summed E-state index contributed by atoms with van der Waals surface area (Å²) in [6, 6.07) is 3.83. The van der Waals surface area contributed by atoms with Crippen LogP contribution in [0.3, 0.4) is 0 Å². The van der Waals surface area contributed by atoms with Crippen LogP contribution in [-0.2, 0) is 9.59 Å². The van der Waals surface area contributed by atoms with Crippen molar-refractivity contribution in [2.45, 2.75) is 13.3 Å². The predicted molar refractivity (Wildman–Crippen MR) is 59.0 cm³/mol. The van der Waals surface area contributed by atoms with Crippen molar-refractivity contribution in [3.8, 4) is 5.75 Å². The average molecular weight is 237 g/mol. The third-order valence-electron chi connectivity index (χ3n) is 1.95. The van der Waals surface area contributed by atoms with Gasteiger partial charge < -0.3 is 15.5 Å². The minimum absolute atomic E-state index is 0.203. The number of ketones is 1. The number of aromatic hydroxyl groups is 1. The van der Waals surface area contributed by atoms with E-state index in [9.17, 15) is 19.5 Å². The van der Waals surface area contributed by atoms with E-state index in [-0.39, 0.29) is 29.2 Å². The molecule has 3 N–H and O–H groups in total. The van der Waals surface area contributed by atoms with Gasteiger partial charge in [0.15, 0.2) is 0 Å². The number of amides is 1. The van der Waals surface area contributed by atoms with E-state index in [1.54, 1.807) is 0 Å². The van der Waals surface area contributed by atoms with Crippen LogP contribution in [-0.4, -0.2) is 27.9 Å². The maximum Gasteiger partial charge on any atom is 0.337 e. The first kappa shape index (κ1) is 12.7. The number of rotatable bonds is 4. The van der Waals surface area contributed by atoms with Crippen LogP contribution in [0.1, 0.15) is 23.7 Å². The van der Waals surface area contributed by atoms with Gasteiger partial charge in [-0.1, -0.05) is 6.07 Å². The SMILES string of the molecule is CC(=O)CC(=O)Nc1c(O)cccc1C(=O)O. The number of aromatic carboxylic acids is 1. The minimum atomic E-state index is -1.28. The summed E-state index contributed by atoms with van der Waals surface area (Å²) in [5.41, 5.74) is -0.437. The lowest BCUT2D eigenvalue weighted by atomic mass is 10.1. The number of carbonyl (C=O) groups excluding carboxylic acids is 2. The van der Waals surface area contributed by atoms with E-state index in [0.29, 0.717) is 0 Å². The minimum Gasteiger partial charge on any atom is -0.506 e. The van der Waals surface area contributed by atoms with Gasteiger partial charge in [-0.05, 0) is 19.1 Å². The maximum absolute atomic E-state index is 11.3. The topological polar surface area (TPSA) is 104 Å². The van der Waals surface area contributed by atoms with Gasteiger partial charge in [0.25, 0.3) is 0 Å². The summed E-state index contributed by atoms with van der Waals surface area (Å²) in [6.45, 7) is 1.24. The number of para-hydroxylation sites is 1. The molecular weight excluding hydrogens is 226 g/mol.